The molecule has 1 aliphatic heterocycles. The smallest absolute Gasteiger partial charge is 0.228 e. The van der Waals surface area contributed by atoms with E-state index >= 15 is 0 Å². The average molecular weight is 206 g/mol. The van der Waals surface area contributed by atoms with E-state index in [2.05, 4.69) is 17.2 Å². The van der Waals surface area contributed by atoms with E-state index in [0.717, 1.165) is 16.8 Å². The second-order valence-corrected chi connectivity index (χ2v) is 3.30. The molecule has 0 spiro atoms. The predicted octanol–water partition coefficient (Wildman–Crippen LogP) is 1.77. The maximum Gasteiger partial charge on any atom is 0.228 e. The first-order chi connectivity index (χ1) is 6.79. The van der Waals surface area contributed by atoms with Crippen LogP contribution in [0.2, 0.25) is 0 Å². The minimum atomic E-state index is 0.0439. The van der Waals surface area contributed by atoms with Gasteiger partial charge in [0.2, 0.25) is 5.91 Å². The maximum absolute atomic E-state index is 11.1. The van der Waals surface area contributed by atoms with Gasteiger partial charge in [-0.05, 0) is 17.7 Å². The van der Waals surface area contributed by atoms with Crippen molar-refractivity contribution in [2.45, 2.75) is 6.42 Å². The molecule has 0 unspecified atom stereocenters. The third-order valence-corrected chi connectivity index (χ3v) is 2.17. The van der Waals surface area contributed by atoms with Gasteiger partial charge in [-0.3, -0.25) is 4.79 Å². The van der Waals surface area contributed by atoms with Gasteiger partial charge in [0.05, 0.1) is 12.3 Å². The molecule has 3 heteroatoms. The SMILES string of the molecule is O=C1Cc2ccc(C#CCCl)cc2N1. The molecular weight excluding hydrogens is 198 g/mol. The third-order valence-electron chi connectivity index (χ3n) is 2.03. The summed E-state index contributed by atoms with van der Waals surface area (Å²) in [5, 5.41) is 2.77. The molecule has 2 rings (SSSR count). The second kappa shape index (κ2) is 3.73. The molecule has 1 heterocycles. The van der Waals surface area contributed by atoms with Gasteiger partial charge in [0.1, 0.15) is 0 Å². The summed E-state index contributed by atoms with van der Waals surface area (Å²) in [6.45, 7) is 0. The summed E-state index contributed by atoms with van der Waals surface area (Å²) >= 11 is 5.45. The van der Waals surface area contributed by atoms with Crippen LogP contribution in [0.4, 0.5) is 5.69 Å². The molecular formula is C11H8ClNO. The molecule has 1 aromatic carbocycles. The van der Waals surface area contributed by atoms with E-state index in [-0.39, 0.29) is 5.91 Å². The molecule has 0 radical (unpaired) electrons. The molecule has 0 saturated heterocycles. The molecule has 70 valence electrons. The normalized spacial score (nSPS) is 12.8. The first-order valence-electron chi connectivity index (χ1n) is 4.27. The fourth-order valence-corrected chi connectivity index (χ4v) is 1.49. The number of carbonyl (C=O) groups is 1. The van der Waals surface area contributed by atoms with Crippen molar-refractivity contribution in [2.24, 2.45) is 0 Å². The van der Waals surface area contributed by atoms with Crippen LogP contribution in [0, 0.1) is 11.8 Å². The van der Waals surface area contributed by atoms with Crippen molar-refractivity contribution in [2.75, 3.05) is 11.2 Å². The van der Waals surface area contributed by atoms with Gasteiger partial charge in [0.15, 0.2) is 0 Å². The number of amides is 1. The lowest BCUT2D eigenvalue weighted by atomic mass is 10.1. The number of benzene rings is 1. The van der Waals surface area contributed by atoms with Crippen molar-refractivity contribution in [3.05, 3.63) is 29.3 Å². The Labute approximate surface area is 87.3 Å². The van der Waals surface area contributed by atoms with Gasteiger partial charge in [-0.2, -0.15) is 0 Å². The van der Waals surface area contributed by atoms with Crippen LogP contribution < -0.4 is 5.32 Å². The number of anilines is 1. The molecule has 0 aliphatic carbocycles. The summed E-state index contributed by atoms with van der Waals surface area (Å²) < 4.78 is 0. The number of halogens is 1. The Morgan fingerprint density at radius 2 is 2.36 bits per heavy atom. The zero-order valence-corrected chi connectivity index (χ0v) is 8.19. The number of rotatable bonds is 0. The highest BCUT2D eigenvalue weighted by atomic mass is 35.5. The topological polar surface area (TPSA) is 29.1 Å². The highest BCUT2D eigenvalue weighted by Gasteiger charge is 2.16. The van der Waals surface area contributed by atoms with Gasteiger partial charge in [0, 0.05) is 11.3 Å². The van der Waals surface area contributed by atoms with Crippen LogP contribution in [-0.2, 0) is 11.2 Å². The molecule has 0 fully saturated rings. The van der Waals surface area contributed by atoms with Crippen molar-refractivity contribution >= 4 is 23.2 Å². The molecule has 0 bridgehead atoms. The van der Waals surface area contributed by atoms with Crippen LogP contribution in [0.25, 0.3) is 0 Å². The minimum absolute atomic E-state index is 0.0439. The molecule has 1 aromatic rings. The van der Waals surface area contributed by atoms with Crippen molar-refractivity contribution in [3.63, 3.8) is 0 Å². The highest BCUT2D eigenvalue weighted by Crippen LogP contribution is 2.23. The van der Waals surface area contributed by atoms with E-state index in [1.54, 1.807) is 0 Å². The predicted molar refractivity (Wildman–Crippen MR) is 56.4 cm³/mol. The Morgan fingerprint density at radius 3 is 3.14 bits per heavy atom. The van der Waals surface area contributed by atoms with Crippen molar-refractivity contribution < 1.29 is 4.79 Å². The van der Waals surface area contributed by atoms with Gasteiger partial charge in [-0.1, -0.05) is 17.9 Å². The van der Waals surface area contributed by atoms with Crippen LogP contribution in [0.1, 0.15) is 11.1 Å². The van der Waals surface area contributed by atoms with Gasteiger partial charge < -0.3 is 5.32 Å². The Bertz CT molecular complexity index is 442. The number of hydrogen-bond donors (Lipinski definition) is 1. The van der Waals surface area contributed by atoms with Gasteiger partial charge in [-0.15, -0.1) is 11.6 Å². The van der Waals surface area contributed by atoms with Gasteiger partial charge in [-0.25, -0.2) is 0 Å². The van der Waals surface area contributed by atoms with E-state index in [1.807, 2.05) is 18.2 Å². The van der Waals surface area contributed by atoms with Crippen molar-refractivity contribution in [1.29, 1.82) is 0 Å². The Morgan fingerprint density at radius 1 is 1.50 bits per heavy atom. The van der Waals surface area contributed by atoms with Crippen molar-refractivity contribution in [1.82, 2.24) is 0 Å². The summed E-state index contributed by atoms with van der Waals surface area (Å²) in [6, 6.07) is 5.70. The summed E-state index contributed by atoms with van der Waals surface area (Å²) in [5.41, 5.74) is 2.79. The lowest BCUT2D eigenvalue weighted by Gasteiger charge is -1.97. The summed E-state index contributed by atoms with van der Waals surface area (Å²) in [5.74, 6) is 6.04. The van der Waals surface area contributed by atoms with Crippen LogP contribution in [-0.4, -0.2) is 11.8 Å². The van der Waals surface area contributed by atoms with Crippen LogP contribution in [0.3, 0.4) is 0 Å². The number of nitrogens with one attached hydrogen (secondary N) is 1. The first-order valence-corrected chi connectivity index (χ1v) is 4.80. The average Bonchev–Trinajstić information content (AvgIpc) is 2.54. The first kappa shape index (κ1) is 9.11. The molecule has 0 atom stereocenters. The van der Waals surface area contributed by atoms with Crippen LogP contribution in [0.5, 0.6) is 0 Å². The Kier molecular flexibility index (Phi) is 2.43. The zero-order chi connectivity index (χ0) is 9.97. The maximum atomic E-state index is 11.1. The fraction of sp³-hybridized carbons (Fsp3) is 0.182. The number of hydrogen-bond acceptors (Lipinski definition) is 1. The minimum Gasteiger partial charge on any atom is -0.325 e. The van der Waals surface area contributed by atoms with E-state index in [1.165, 1.54) is 0 Å². The quantitative estimate of drug-likeness (QED) is 0.508. The van der Waals surface area contributed by atoms with Crippen LogP contribution >= 0.6 is 11.6 Å². The summed E-state index contributed by atoms with van der Waals surface area (Å²) in [7, 11) is 0. The lowest BCUT2D eigenvalue weighted by Crippen LogP contribution is -2.03. The Hall–Kier alpha value is -1.46. The van der Waals surface area contributed by atoms with Gasteiger partial charge >= 0.3 is 0 Å². The molecule has 1 amide bonds. The van der Waals surface area contributed by atoms with E-state index in [9.17, 15) is 4.79 Å². The third kappa shape index (κ3) is 1.73. The molecule has 0 aromatic heterocycles. The molecule has 1 N–H and O–H groups in total. The van der Waals surface area contributed by atoms with Crippen LogP contribution in [0.15, 0.2) is 18.2 Å². The summed E-state index contributed by atoms with van der Waals surface area (Å²) in [4.78, 5) is 11.1. The molecule has 2 nitrogen and oxygen atoms in total. The van der Waals surface area contributed by atoms with E-state index in [4.69, 9.17) is 11.6 Å². The van der Waals surface area contributed by atoms with Crippen molar-refractivity contribution in [3.8, 4) is 11.8 Å². The summed E-state index contributed by atoms with van der Waals surface area (Å²) in [6.07, 6.45) is 0.471. The number of fused-ring (bicyclic) bond motifs is 1. The molecule has 1 aliphatic rings. The Balaban J connectivity index is 2.33. The molecule has 0 saturated carbocycles. The largest absolute Gasteiger partial charge is 0.325 e. The highest BCUT2D eigenvalue weighted by molar-refractivity contribution is 6.19. The van der Waals surface area contributed by atoms with E-state index in [0.29, 0.717) is 12.3 Å². The fourth-order valence-electron chi connectivity index (χ4n) is 1.43. The standard InChI is InChI=1S/C11H8ClNO/c12-5-1-2-8-3-4-9-7-11(14)13-10(9)6-8/h3-4,6H,5,7H2,(H,13,14). The van der Waals surface area contributed by atoms with Gasteiger partial charge in [0.25, 0.3) is 0 Å². The second-order valence-electron chi connectivity index (χ2n) is 3.03. The zero-order valence-electron chi connectivity index (χ0n) is 7.43. The lowest BCUT2D eigenvalue weighted by molar-refractivity contribution is -0.115. The monoisotopic (exact) mass is 205 g/mol. The van der Waals surface area contributed by atoms with E-state index < -0.39 is 0 Å². The molecule has 14 heavy (non-hydrogen) atoms. The number of carbonyl (C=O) groups excluding carboxylic acids is 1. The number of alkyl halides is 1.